The van der Waals surface area contributed by atoms with Gasteiger partial charge in [0.25, 0.3) is 0 Å². The van der Waals surface area contributed by atoms with Crippen LogP contribution in [0, 0.1) is 0 Å². The third-order valence-corrected chi connectivity index (χ3v) is 4.13. The maximum Gasteiger partial charge on any atom is 0.0613 e. The zero-order valence-corrected chi connectivity index (χ0v) is 13.1. The highest BCUT2D eigenvalue weighted by atomic mass is 79.9. The number of hydrogen-bond acceptors (Lipinski definition) is 4. The number of thiophene rings is 1. The fourth-order valence-corrected chi connectivity index (χ4v) is 3.12. The van der Waals surface area contributed by atoms with Crippen molar-refractivity contribution >= 4 is 27.3 Å². The molecule has 1 N–H and O–H groups in total. The van der Waals surface area contributed by atoms with Gasteiger partial charge < -0.3 is 15.0 Å². The molecule has 0 aromatic carbocycles. The van der Waals surface area contributed by atoms with Crippen molar-refractivity contribution in [2.45, 2.75) is 19.5 Å². The van der Waals surface area contributed by atoms with Crippen molar-refractivity contribution in [2.24, 2.45) is 0 Å². The molecule has 0 amide bonds. The minimum atomic E-state index is 0.421. The number of methoxy groups -OCH3 is 1. The van der Waals surface area contributed by atoms with Crippen molar-refractivity contribution in [2.75, 3.05) is 33.9 Å². The lowest BCUT2D eigenvalue weighted by atomic mass is 10.3. The van der Waals surface area contributed by atoms with Crippen molar-refractivity contribution in [3.8, 4) is 0 Å². The first-order valence-corrected chi connectivity index (χ1v) is 7.43. The van der Waals surface area contributed by atoms with E-state index in [4.69, 9.17) is 4.74 Å². The Morgan fingerprint density at radius 3 is 2.94 bits per heavy atom. The molecule has 1 aromatic rings. The van der Waals surface area contributed by atoms with Crippen molar-refractivity contribution in [3.05, 3.63) is 20.8 Å². The summed E-state index contributed by atoms with van der Waals surface area (Å²) in [6.07, 6.45) is 0. The Hall–Kier alpha value is 0.0600. The van der Waals surface area contributed by atoms with Crippen LogP contribution in [0.2, 0.25) is 0 Å². The number of rotatable bonds is 8. The monoisotopic (exact) mass is 320 g/mol. The smallest absolute Gasteiger partial charge is 0.0613 e. The maximum atomic E-state index is 5.08. The van der Waals surface area contributed by atoms with Gasteiger partial charge in [0.2, 0.25) is 0 Å². The van der Waals surface area contributed by atoms with Crippen molar-refractivity contribution < 1.29 is 4.74 Å². The van der Waals surface area contributed by atoms with Crippen LogP contribution in [-0.4, -0.2) is 44.8 Å². The number of ether oxygens (including phenoxy) is 1. The van der Waals surface area contributed by atoms with E-state index in [-0.39, 0.29) is 0 Å². The molecule has 0 aliphatic rings. The van der Waals surface area contributed by atoms with E-state index < -0.39 is 0 Å². The Morgan fingerprint density at radius 2 is 2.35 bits per heavy atom. The molecule has 0 spiro atoms. The summed E-state index contributed by atoms with van der Waals surface area (Å²) >= 11 is 5.27. The predicted octanol–water partition coefficient (Wildman–Crippen LogP) is 2.57. The van der Waals surface area contributed by atoms with E-state index >= 15 is 0 Å². The molecule has 1 rings (SSSR count). The van der Waals surface area contributed by atoms with Gasteiger partial charge in [-0.3, -0.25) is 0 Å². The molecule has 0 saturated carbocycles. The largest absolute Gasteiger partial charge is 0.383 e. The lowest BCUT2D eigenvalue weighted by Gasteiger charge is -2.18. The molecule has 0 saturated heterocycles. The number of nitrogens with zero attached hydrogens (tertiary/aromatic N) is 1. The van der Waals surface area contributed by atoms with Gasteiger partial charge >= 0.3 is 0 Å². The number of likely N-dealkylation sites (N-methyl/N-ethyl adjacent to an activating group) is 1. The molecule has 0 aliphatic heterocycles. The van der Waals surface area contributed by atoms with Crippen LogP contribution in [0.3, 0.4) is 0 Å². The molecular weight excluding hydrogens is 300 g/mol. The third kappa shape index (κ3) is 6.52. The zero-order valence-electron chi connectivity index (χ0n) is 10.7. The highest BCUT2D eigenvalue weighted by Crippen LogP contribution is 2.20. The molecule has 0 aliphatic carbocycles. The fraction of sp³-hybridized carbons (Fsp3) is 0.667. The van der Waals surface area contributed by atoms with E-state index in [1.54, 1.807) is 18.4 Å². The molecule has 5 heteroatoms. The van der Waals surface area contributed by atoms with E-state index in [1.807, 2.05) is 0 Å². The molecule has 1 atom stereocenters. The second-order valence-electron chi connectivity index (χ2n) is 4.28. The average Bonchev–Trinajstić information content (AvgIpc) is 2.64. The summed E-state index contributed by atoms with van der Waals surface area (Å²) < 4.78 is 6.26. The molecule has 0 fully saturated rings. The SMILES string of the molecule is COCC(C)NCCN(C)Cc1cc(Br)cs1. The van der Waals surface area contributed by atoms with Gasteiger partial charge in [-0.25, -0.2) is 0 Å². The molecule has 1 heterocycles. The minimum absolute atomic E-state index is 0.421. The van der Waals surface area contributed by atoms with Gasteiger partial charge in [0.05, 0.1) is 6.61 Å². The van der Waals surface area contributed by atoms with Crippen molar-refractivity contribution in [1.82, 2.24) is 10.2 Å². The molecule has 0 radical (unpaired) electrons. The second-order valence-corrected chi connectivity index (χ2v) is 6.19. The second kappa shape index (κ2) is 8.21. The van der Waals surface area contributed by atoms with Crippen LogP contribution >= 0.6 is 27.3 Å². The fourth-order valence-electron chi connectivity index (χ4n) is 1.59. The predicted molar refractivity (Wildman–Crippen MR) is 77.7 cm³/mol. The molecule has 3 nitrogen and oxygen atoms in total. The Balaban J connectivity index is 2.15. The highest BCUT2D eigenvalue weighted by Gasteiger charge is 2.04. The standard InChI is InChI=1S/C12H21BrN2OS/c1-10(8-16-3)14-4-5-15(2)7-12-6-11(13)9-17-12/h6,9-10,14H,4-5,7-8H2,1-3H3. The summed E-state index contributed by atoms with van der Waals surface area (Å²) in [6, 6.07) is 2.60. The Bertz CT molecular complexity index is 319. The highest BCUT2D eigenvalue weighted by molar-refractivity contribution is 9.10. The topological polar surface area (TPSA) is 24.5 Å². The number of nitrogens with one attached hydrogen (secondary N) is 1. The van der Waals surface area contributed by atoms with Crippen LogP contribution in [-0.2, 0) is 11.3 Å². The van der Waals surface area contributed by atoms with E-state index in [2.05, 4.69) is 51.6 Å². The number of hydrogen-bond donors (Lipinski definition) is 1. The minimum Gasteiger partial charge on any atom is -0.383 e. The van der Waals surface area contributed by atoms with Crippen LogP contribution in [0.5, 0.6) is 0 Å². The summed E-state index contributed by atoms with van der Waals surface area (Å²) in [6.45, 7) is 5.95. The number of halogens is 1. The van der Waals surface area contributed by atoms with Crippen LogP contribution in [0.1, 0.15) is 11.8 Å². The Kier molecular flexibility index (Phi) is 7.30. The van der Waals surface area contributed by atoms with Crippen LogP contribution in [0.25, 0.3) is 0 Å². The molecule has 1 aromatic heterocycles. The molecule has 17 heavy (non-hydrogen) atoms. The first-order valence-electron chi connectivity index (χ1n) is 5.75. The molecule has 1 unspecified atom stereocenters. The Morgan fingerprint density at radius 1 is 1.59 bits per heavy atom. The third-order valence-electron chi connectivity index (χ3n) is 2.45. The van der Waals surface area contributed by atoms with E-state index in [0.29, 0.717) is 6.04 Å². The van der Waals surface area contributed by atoms with E-state index in [1.165, 1.54) is 9.35 Å². The van der Waals surface area contributed by atoms with Gasteiger partial charge in [-0.05, 0) is 36.0 Å². The summed E-state index contributed by atoms with van der Waals surface area (Å²) in [7, 11) is 3.88. The lowest BCUT2D eigenvalue weighted by Crippen LogP contribution is -2.36. The molecule has 0 bridgehead atoms. The maximum absolute atomic E-state index is 5.08. The van der Waals surface area contributed by atoms with Crippen LogP contribution < -0.4 is 5.32 Å². The summed E-state index contributed by atoms with van der Waals surface area (Å²) in [4.78, 5) is 3.72. The summed E-state index contributed by atoms with van der Waals surface area (Å²) in [5, 5.41) is 5.56. The quantitative estimate of drug-likeness (QED) is 0.796. The normalized spacial score (nSPS) is 13.2. The van der Waals surface area contributed by atoms with Gasteiger partial charge in [0.15, 0.2) is 0 Å². The Labute approximate surface area is 116 Å². The van der Waals surface area contributed by atoms with Gasteiger partial charge in [-0.15, -0.1) is 11.3 Å². The van der Waals surface area contributed by atoms with Gasteiger partial charge in [-0.1, -0.05) is 0 Å². The van der Waals surface area contributed by atoms with E-state index in [0.717, 1.165) is 26.2 Å². The van der Waals surface area contributed by atoms with Gasteiger partial charge in [0, 0.05) is 47.5 Å². The summed E-state index contributed by atoms with van der Waals surface area (Å²) in [5.74, 6) is 0. The van der Waals surface area contributed by atoms with Gasteiger partial charge in [0.1, 0.15) is 0 Å². The molecule has 98 valence electrons. The van der Waals surface area contributed by atoms with Gasteiger partial charge in [-0.2, -0.15) is 0 Å². The zero-order chi connectivity index (χ0) is 12.7. The lowest BCUT2D eigenvalue weighted by molar-refractivity contribution is 0.170. The van der Waals surface area contributed by atoms with Crippen molar-refractivity contribution in [3.63, 3.8) is 0 Å². The van der Waals surface area contributed by atoms with E-state index in [9.17, 15) is 0 Å². The van der Waals surface area contributed by atoms with Crippen LogP contribution in [0.4, 0.5) is 0 Å². The first kappa shape index (κ1) is 15.1. The average molecular weight is 321 g/mol. The molecular formula is C12H21BrN2OS. The van der Waals surface area contributed by atoms with Crippen LogP contribution in [0.15, 0.2) is 15.9 Å². The van der Waals surface area contributed by atoms with Crippen molar-refractivity contribution in [1.29, 1.82) is 0 Å². The first-order chi connectivity index (χ1) is 8.11. The summed E-state index contributed by atoms with van der Waals surface area (Å²) in [5.41, 5.74) is 0.